The van der Waals surface area contributed by atoms with Gasteiger partial charge in [-0.3, -0.25) is 9.69 Å². The van der Waals surface area contributed by atoms with Crippen LogP contribution in [0.25, 0.3) is 0 Å². The predicted octanol–water partition coefficient (Wildman–Crippen LogP) is 2.39. The molecule has 1 aliphatic heterocycles. The van der Waals surface area contributed by atoms with Gasteiger partial charge < -0.3 is 10.4 Å². The van der Waals surface area contributed by atoms with Gasteiger partial charge in [0, 0.05) is 24.7 Å². The second kappa shape index (κ2) is 7.52. The van der Waals surface area contributed by atoms with Gasteiger partial charge in [0.25, 0.3) is 0 Å². The zero-order chi connectivity index (χ0) is 15.2. The number of nitrogens with zero attached hydrogens (tertiary/aromatic N) is 1. The second-order valence-corrected chi connectivity index (χ2v) is 5.73. The minimum Gasteiger partial charge on any atom is -0.393 e. The van der Waals surface area contributed by atoms with Gasteiger partial charge in [-0.2, -0.15) is 0 Å². The molecule has 2 unspecified atom stereocenters. The predicted molar refractivity (Wildman–Crippen MR) is 80.5 cm³/mol. The molecule has 1 aromatic rings. The van der Waals surface area contributed by atoms with Gasteiger partial charge in [-0.05, 0) is 50.9 Å². The number of benzene rings is 1. The van der Waals surface area contributed by atoms with E-state index in [9.17, 15) is 14.3 Å². The average Bonchev–Trinajstić information content (AvgIpc) is 2.83. The Hall–Kier alpha value is -1.46. The highest BCUT2D eigenvalue weighted by molar-refractivity contribution is 5.90. The molecule has 0 aliphatic carbocycles. The fraction of sp³-hybridized carbons (Fsp3) is 0.562. The summed E-state index contributed by atoms with van der Waals surface area (Å²) in [6.45, 7) is 3.45. The number of carbonyl (C=O) groups excluding carboxylic acids is 1. The molecule has 116 valence electrons. The molecule has 1 saturated heterocycles. The van der Waals surface area contributed by atoms with E-state index in [1.807, 2.05) is 0 Å². The summed E-state index contributed by atoms with van der Waals surface area (Å²) in [7, 11) is 0. The molecule has 0 radical (unpaired) electrons. The highest BCUT2D eigenvalue weighted by Crippen LogP contribution is 2.21. The van der Waals surface area contributed by atoms with Crippen molar-refractivity contribution in [3.8, 4) is 0 Å². The smallest absolute Gasteiger partial charge is 0.225 e. The Morgan fingerprint density at radius 1 is 1.57 bits per heavy atom. The van der Waals surface area contributed by atoms with E-state index in [0.29, 0.717) is 24.7 Å². The summed E-state index contributed by atoms with van der Waals surface area (Å²) < 4.78 is 13.0. The number of hydrogen-bond acceptors (Lipinski definition) is 3. The van der Waals surface area contributed by atoms with Gasteiger partial charge in [0.2, 0.25) is 5.91 Å². The summed E-state index contributed by atoms with van der Waals surface area (Å²) >= 11 is 0. The maximum Gasteiger partial charge on any atom is 0.225 e. The quantitative estimate of drug-likeness (QED) is 0.847. The van der Waals surface area contributed by atoms with Crippen molar-refractivity contribution in [3.63, 3.8) is 0 Å². The van der Waals surface area contributed by atoms with E-state index in [2.05, 4.69) is 10.2 Å². The van der Waals surface area contributed by atoms with Gasteiger partial charge in [-0.25, -0.2) is 4.39 Å². The lowest BCUT2D eigenvalue weighted by atomic mass is 10.1. The molecule has 0 spiro atoms. The van der Waals surface area contributed by atoms with Crippen molar-refractivity contribution in [2.45, 2.75) is 44.8 Å². The van der Waals surface area contributed by atoms with Crippen molar-refractivity contribution in [2.24, 2.45) is 0 Å². The molecule has 1 fully saturated rings. The van der Waals surface area contributed by atoms with Crippen LogP contribution in [0.4, 0.5) is 10.1 Å². The van der Waals surface area contributed by atoms with Crippen LogP contribution in [0.3, 0.4) is 0 Å². The summed E-state index contributed by atoms with van der Waals surface area (Å²) in [5, 5.41) is 12.2. The molecule has 0 bridgehead atoms. The topological polar surface area (TPSA) is 52.6 Å². The molecule has 2 rings (SSSR count). The van der Waals surface area contributed by atoms with Gasteiger partial charge in [0.05, 0.1) is 6.10 Å². The van der Waals surface area contributed by atoms with E-state index < -0.39 is 0 Å². The zero-order valence-electron chi connectivity index (χ0n) is 12.4. The maximum atomic E-state index is 13.0. The van der Waals surface area contributed by atoms with Gasteiger partial charge in [-0.1, -0.05) is 6.07 Å². The number of rotatable bonds is 6. The van der Waals surface area contributed by atoms with Crippen molar-refractivity contribution in [1.29, 1.82) is 0 Å². The molecule has 21 heavy (non-hydrogen) atoms. The standard InChI is InChI=1S/C16H23FN2O2/c1-12(20)10-15-6-3-8-19(15)9-7-16(21)18-14-5-2-4-13(17)11-14/h2,4-5,11-12,15,20H,3,6-10H2,1H3,(H,18,21). The van der Waals surface area contributed by atoms with Gasteiger partial charge in [-0.15, -0.1) is 0 Å². The minimum absolute atomic E-state index is 0.108. The van der Waals surface area contributed by atoms with Crippen LogP contribution in [0.1, 0.15) is 32.6 Å². The van der Waals surface area contributed by atoms with E-state index in [-0.39, 0.29) is 17.8 Å². The lowest BCUT2D eigenvalue weighted by Gasteiger charge is -2.25. The van der Waals surface area contributed by atoms with Crippen LogP contribution in [-0.2, 0) is 4.79 Å². The van der Waals surface area contributed by atoms with Crippen molar-refractivity contribution < 1.29 is 14.3 Å². The Bertz CT molecular complexity index is 479. The third kappa shape index (κ3) is 5.10. The van der Waals surface area contributed by atoms with Crippen molar-refractivity contribution in [2.75, 3.05) is 18.4 Å². The third-order valence-electron chi connectivity index (χ3n) is 3.85. The van der Waals surface area contributed by atoms with Gasteiger partial charge in [0.1, 0.15) is 5.82 Å². The lowest BCUT2D eigenvalue weighted by Crippen LogP contribution is -2.34. The van der Waals surface area contributed by atoms with Crippen LogP contribution in [-0.4, -0.2) is 41.1 Å². The SMILES string of the molecule is CC(O)CC1CCCN1CCC(=O)Nc1cccc(F)c1. The Balaban J connectivity index is 1.78. The first-order valence-corrected chi connectivity index (χ1v) is 7.52. The first-order chi connectivity index (χ1) is 10.0. The number of aliphatic hydroxyl groups is 1. The summed E-state index contributed by atoms with van der Waals surface area (Å²) in [6, 6.07) is 6.27. The van der Waals surface area contributed by atoms with Crippen LogP contribution < -0.4 is 5.32 Å². The van der Waals surface area contributed by atoms with Gasteiger partial charge >= 0.3 is 0 Å². The summed E-state index contributed by atoms with van der Waals surface area (Å²) in [5.74, 6) is -0.465. The Kier molecular flexibility index (Phi) is 5.70. The summed E-state index contributed by atoms with van der Waals surface area (Å²) in [4.78, 5) is 14.2. The Morgan fingerprint density at radius 3 is 3.10 bits per heavy atom. The first-order valence-electron chi connectivity index (χ1n) is 7.52. The normalized spacial score (nSPS) is 20.4. The molecule has 1 aliphatic rings. The fourth-order valence-corrected chi connectivity index (χ4v) is 2.89. The van der Waals surface area contributed by atoms with Crippen LogP contribution in [0, 0.1) is 5.82 Å². The fourth-order valence-electron chi connectivity index (χ4n) is 2.89. The molecule has 1 heterocycles. The minimum atomic E-state index is -0.357. The van der Waals surface area contributed by atoms with Crippen molar-refractivity contribution >= 4 is 11.6 Å². The second-order valence-electron chi connectivity index (χ2n) is 5.73. The number of amides is 1. The largest absolute Gasteiger partial charge is 0.393 e. The number of hydrogen-bond donors (Lipinski definition) is 2. The highest BCUT2D eigenvalue weighted by Gasteiger charge is 2.25. The van der Waals surface area contributed by atoms with Crippen molar-refractivity contribution in [3.05, 3.63) is 30.1 Å². The molecular formula is C16H23FN2O2. The number of nitrogens with one attached hydrogen (secondary N) is 1. The molecule has 2 N–H and O–H groups in total. The number of halogens is 1. The summed E-state index contributed by atoms with van der Waals surface area (Å²) in [6.07, 6.45) is 3.02. The van der Waals surface area contributed by atoms with Gasteiger partial charge in [0.15, 0.2) is 0 Å². The summed E-state index contributed by atoms with van der Waals surface area (Å²) in [5.41, 5.74) is 0.488. The van der Waals surface area contributed by atoms with E-state index >= 15 is 0 Å². The molecule has 0 saturated carbocycles. The van der Waals surface area contributed by atoms with Crippen molar-refractivity contribution in [1.82, 2.24) is 4.90 Å². The van der Waals surface area contributed by atoms with Crippen LogP contribution >= 0.6 is 0 Å². The number of likely N-dealkylation sites (tertiary alicyclic amines) is 1. The van der Waals surface area contributed by atoms with E-state index in [0.717, 1.165) is 25.8 Å². The average molecular weight is 294 g/mol. The number of carbonyl (C=O) groups is 1. The van der Waals surface area contributed by atoms with E-state index in [1.54, 1.807) is 19.1 Å². The third-order valence-corrected chi connectivity index (χ3v) is 3.85. The van der Waals surface area contributed by atoms with Crippen LogP contribution in [0.5, 0.6) is 0 Å². The molecule has 5 heteroatoms. The molecule has 1 aromatic carbocycles. The molecule has 0 aromatic heterocycles. The maximum absolute atomic E-state index is 13.0. The van der Waals surface area contributed by atoms with Crippen LogP contribution in [0.2, 0.25) is 0 Å². The molecule has 2 atom stereocenters. The molecule has 4 nitrogen and oxygen atoms in total. The van der Waals surface area contributed by atoms with E-state index in [4.69, 9.17) is 0 Å². The first kappa shape index (κ1) is 15.9. The Morgan fingerprint density at radius 2 is 2.38 bits per heavy atom. The molecular weight excluding hydrogens is 271 g/mol. The van der Waals surface area contributed by atoms with Crippen LogP contribution in [0.15, 0.2) is 24.3 Å². The Labute approximate surface area is 125 Å². The monoisotopic (exact) mass is 294 g/mol. The van der Waals surface area contributed by atoms with E-state index in [1.165, 1.54) is 12.1 Å². The number of anilines is 1. The molecule has 1 amide bonds. The number of aliphatic hydroxyl groups excluding tert-OH is 1. The highest BCUT2D eigenvalue weighted by atomic mass is 19.1. The lowest BCUT2D eigenvalue weighted by molar-refractivity contribution is -0.116. The zero-order valence-corrected chi connectivity index (χ0v) is 12.4.